The van der Waals surface area contributed by atoms with Gasteiger partial charge in [-0.3, -0.25) is 5.10 Å². The number of carbonyl (C=O) groups excluding carboxylic acids is 1. The second-order valence-corrected chi connectivity index (χ2v) is 7.36. The van der Waals surface area contributed by atoms with E-state index in [0.717, 1.165) is 17.0 Å². The van der Waals surface area contributed by atoms with Crippen LogP contribution < -0.4 is 10.2 Å². The molecule has 1 aliphatic carbocycles. The predicted molar refractivity (Wildman–Crippen MR) is 92.5 cm³/mol. The van der Waals surface area contributed by atoms with E-state index in [0.29, 0.717) is 24.2 Å². The Balaban J connectivity index is 1.38. The van der Waals surface area contributed by atoms with Crippen LogP contribution in [0.25, 0.3) is 5.52 Å². The predicted octanol–water partition coefficient (Wildman–Crippen LogP) is 1.58. The zero-order valence-corrected chi connectivity index (χ0v) is 14.1. The third-order valence-corrected chi connectivity index (χ3v) is 5.68. The van der Waals surface area contributed by atoms with Crippen LogP contribution in [0.3, 0.4) is 0 Å². The maximum absolute atomic E-state index is 11.9. The van der Waals surface area contributed by atoms with Crippen molar-refractivity contribution in [2.75, 3.05) is 16.8 Å². The van der Waals surface area contributed by atoms with Gasteiger partial charge in [0, 0.05) is 23.9 Å². The minimum absolute atomic E-state index is 0.0668. The molecule has 0 bridgehead atoms. The number of carbonyl (C=O) groups is 1. The Morgan fingerprint density at radius 1 is 1.42 bits per heavy atom. The highest BCUT2D eigenvalue weighted by Crippen LogP contribution is 2.44. The summed E-state index contributed by atoms with van der Waals surface area (Å²) < 4.78 is 6.91. The number of rotatable bonds is 4. The number of hydrogen-bond donors (Lipinski definition) is 2. The summed E-state index contributed by atoms with van der Waals surface area (Å²) in [4.78, 5) is 18.5. The summed E-state index contributed by atoms with van der Waals surface area (Å²) in [5, 5.41) is 15.3. The quantitative estimate of drug-likeness (QED) is 0.688. The zero-order valence-electron chi connectivity index (χ0n) is 14.1. The monoisotopic (exact) mass is 351 g/mol. The Labute approximate surface area is 148 Å². The molecule has 132 valence electrons. The number of morpholine rings is 1. The molecule has 1 saturated carbocycles. The average Bonchev–Trinajstić information content (AvgIpc) is 3.19. The van der Waals surface area contributed by atoms with E-state index in [2.05, 4.69) is 25.6 Å². The van der Waals surface area contributed by atoms with Gasteiger partial charge >= 0.3 is 5.97 Å². The highest BCUT2D eigenvalue weighted by Gasteiger charge is 2.67. The van der Waals surface area contributed by atoms with Gasteiger partial charge in [-0.05, 0) is 31.9 Å². The first-order valence-electron chi connectivity index (χ1n) is 8.79. The number of esters is 1. The number of aromatic amines is 1. The topological polar surface area (TPSA) is 100 Å². The molecule has 3 fully saturated rings. The van der Waals surface area contributed by atoms with E-state index >= 15 is 0 Å². The van der Waals surface area contributed by atoms with Crippen LogP contribution in [0.2, 0.25) is 0 Å². The molecule has 5 heterocycles. The van der Waals surface area contributed by atoms with E-state index in [1.165, 1.54) is 12.8 Å². The summed E-state index contributed by atoms with van der Waals surface area (Å²) in [5.74, 6) is 2.28. The number of nitrogens with one attached hydrogen (secondary N) is 2. The molecule has 2 atom stereocenters. The van der Waals surface area contributed by atoms with Crippen molar-refractivity contribution in [3.8, 4) is 0 Å². The molecule has 0 spiro atoms. The largest absolute Gasteiger partial charge is 0.455 e. The first-order valence-corrected chi connectivity index (χ1v) is 8.79. The van der Waals surface area contributed by atoms with Crippen molar-refractivity contribution in [1.82, 2.24) is 24.8 Å². The van der Waals surface area contributed by atoms with Crippen LogP contribution in [0, 0.1) is 0 Å². The van der Waals surface area contributed by atoms with E-state index in [-0.39, 0.29) is 12.1 Å². The summed E-state index contributed by atoms with van der Waals surface area (Å²) in [6, 6.07) is 5.89. The molecule has 2 N–H and O–H groups in total. The fourth-order valence-electron chi connectivity index (χ4n) is 3.72. The third-order valence-electron chi connectivity index (χ3n) is 5.68. The number of fused-ring (bicyclic) bond motifs is 2. The third kappa shape index (κ3) is 1.74. The summed E-state index contributed by atoms with van der Waals surface area (Å²) in [6.07, 6.45) is 4.23. The van der Waals surface area contributed by atoms with Gasteiger partial charge in [0.25, 0.3) is 0 Å². The molecule has 3 aliphatic rings. The van der Waals surface area contributed by atoms with Crippen molar-refractivity contribution in [1.29, 1.82) is 0 Å². The van der Waals surface area contributed by atoms with Gasteiger partial charge < -0.3 is 15.0 Å². The SMILES string of the molecule is CC12C(=O)OC1CN2c1nc(Nc2cc(C3CC3)[nH]n2)c2cccn2n1. The molecule has 2 saturated heterocycles. The van der Waals surface area contributed by atoms with Crippen LogP contribution in [0.4, 0.5) is 17.6 Å². The Morgan fingerprint density at radius 2 is 2.31 bits per heavy atom. The van der Waals surface area contributed by atoms with E-state index in [4.69, 9.17) is 4.74 Å². The Bertz CT molecular complexity index is 1050. The molecule has 2 aliphatic heterocycles. The number of aromatic nitrogens is 5. The zero-order chi connectivity index (χ0) is 17.5. The fraction of sp³-hybridized carbons (Fsp3) is 0.412. The molecule has 6 rings (SSSR count). The van der Waals surface area contributed by atoms with Gasteiger partial charge in [-0.1, -0.05) is 0 Å². The van der Waals surface area contributed by atoms with E-state index in [9.17, 15) is 4.79 Å². The maximum Gasteiger partial charge on any atom is 0.336 e. The second-order valence-electron chi connectivity index (χ2n) is 7.36. The van der Waals surface area contributed by atoms with E-state index in [1.54, 1.807) is 4.52 Å². The first-order chi connectivity index (χ1) is 12.6. The summed E-state index contributed by atoms with van der Waals surface area (Å²) in [7, 11) is 0. The lowest BCUT2D eigenvalue weighted by molar-refractivity contribution is -0.200. The van der Waals surface area contributed by atoms with Crippen molar-refractivity contribution < 1.29 is 9.53 Å². The minimum atomic E-state index is -0.649. The van der Waals surface area contributed by atoms with Gasteiger partial charge in [-0.2, -0.15) is 10.1 Å². The molecule has 0 amide bonds. The van der Waals surface area contributed by atoms with Gasteiger partial charge in [0.15, 0.2) is 23.3 Å². The van der Waals surface area contributed by atoms with Gasteiger partial charge in [0.05, 0.1) is 6.54 Å². The van der Waals surface area contributed by atoms with Crippen molar-refractivity contribution >= 4 is 29.1 Å². The summed E-state index contributed by atoms with van der Waals surface area (Å²) in [5.41, 5.74) is 1.36. The van der Waals surface area contributed by atoms with Crippen molar-refractivity contribution in [2.24, 2.45) is 0 Å². The van der Waals surface area contributed by atoms with Gasteiger partial charge in [0.1, 0.15) is 5.52 Å². The molecule has 3 aromatic rings. The first kappa shape index (κ1) is 14.1. The fourth-order valence-corrected chi connectivity index (χ4v) is 3.72. The number of H-pyrrole nitrogens is 1. The van der Waals surface area contributed by atoms with Crippen LogP contribution in [-0.2, 0) is 9.53 Å². The molecule has 0 aromatic carbocycles. The van der Waals surface area contributed by atoms with Crippen LogP contribution in [0.1, 0.15) is 31.4 Å². The van der Waals surface area contributed by atoms with Crippen molar-refractivity contribution in [3.05, 3.63) is 30.1 Å². The highest BCUT2D eigenvalue weighted by molar-refractivity contribution is 5.94. The lowest BCUT2D eigenvalue weighted by atomic mass is 9.79. The molecule has 26 heavy (non-hydrogen) atoms. The minimum Gasteiger partial charge on any atom is -0.455 e. The molecule has 9 nitrogen and oxygen atoms in total. The van der Waals surface area contributed by atoms with Crippen LogP contribution in [-0.4, -0.2) is 49.0 Å². The summed E-state index contributed by atoms with van der Waals surface area (Å²) >= 11 is 0. The Hall–Kier alpha value is -3.10. The van der Waals surface area contributed by atoms with Gasteiger partial charge in [-0.25, -0.2) is 9.31 Å². The maximum atomic E-state index is 11.9. The van der Waals surface area contributed by atoms with Crippen LogP contribution in [0.5, 0.6) is 0 Å². The molecule has 9 heteroatoms. The number of nitrogens with zero attached hydrogens (tertiary/aromatic N) is 5. The summed E-state index contributed by atoms with van der Waals surface area (Å²) in [6.45, 7) is 2.49. The normalized spacial score (nSPS) is 26.9. The highest BCUT2D eigenvalue weighted by atomic mass is 16.6. The molecular weight excluding hydrogens is 334 g/mol. The molecule has 2 unspecified atom stereocenters. The van der Waals surface area contributed by atoms with E-state index in [1.807, 2.05) is 36.2 Å². The number of anilines is 3. The number of ether oxygens (including phenoxy) is 1. The average molecular weight is 351 g/mol. The molecule has 0 radical (unpaired) electrons. The Morgan fingerprint density at radius 3 is 3.08 bits per heavy atom. The van der Waals surface area contributed by atoms with Gasteiger partial charge in [0.2, 0.25) is 5.95 Å². The standard InChI is InChI=1S/C17H17N7O2/c1-17-12(26-15(17)25)8-23(17)16-19-14(11-3-2-6-24(11)22-16)18-13-7-10(20-21-13)9-4-5-9/h2-3,6-7,9,12H,4-5,8H2,1H3,(H2,18,19,20,21,22). The Kier molecular flexibility index (Phi) is 2.46. The second kappa shape index (κ2) is 4.54. The van der Waals surface area contributed by atoms with E-state index < -0.39 is 5.54 Å². The van der Waals surface area contributed by atoms with Crippen molar-refractivity contribution in [2.45, 2.75) is 37.3 Å². The van der Waals surface area contributed by atoms with Crippen molar-refractivity contribution in [3.63, 3.8) is 0 Å². The molecular formula is C17H17N7O2. The van der Waals surface area contributed by atoms with Crippen LogP contribution >= 0.6 is 0 Å². The lowest BCUT2D eigenvalue weighted by Gasteiger charge is -2.60. The number of hydrogen-bond acceptors (Lipinski definition) is 7. The van der Waals surface area contributed by atoms with Crippen LogP contribution in [0.15, 0.2) is 24.4 Å². The lowest BCUT2D eigenvalue weighted by Crippen LogP contribution is -2.82. The van der Waals surface area contributed by atoms with Gasteiger partial charge in [-0.15, -0.1) is 5.10 Å². The smallest absolute Gasteiger partial charge is 0.336 e. The molecule has 3 aromatic heterocycles.